The summed E-state index contributed by atoms with van der Waals surface area (Å²) in [5, 5.41) is 7.72. The van der Waals surface area contributed by atoms with Gasteiger partial charge < -0.3 is 19.5 Å². The molecule has 10 heteroatoms. The fourth-order valence-electron chi connectivity index (χ4n) is 4.01. The molecular formula is C26H31N5O5. The Labute approximate surface area is 210 Å². The summed E-state index contributed by atoms with van der Waals surface area (Å²) in [5.41, 5.74) is 3.24. The highest BCUT2D eigenvalue weighted by Gasteiger charge is 2.23. The van der Waals surface area contributed by atoms with Crippen molar-refractivity contribution in [2.24, 2.45) is 0 Å². The average Bonchev–Trinajstić information content (AvgIpc) is 3.40. The number of carbonyl (C=O) groups is 2. The Balaban J connectivity index is 1.48. The zero-order chi connectivity index (χ0) is 25.7. The number of aromatic nitrogens is 4. The third kappa shape index (κ3) is 6.59. The number of carbonyl (C=O) groups excluding carboxylic acids is 2. The summed E-state index contributed by atoms with van der Waals surface area (Å²) in [4.78, 5) is 33.0. The fraction of sp³-hybridized carbons (Fsp3) is 0.423. The van der Waals surface area contributed by atoms with Crippen LogP contribution in [-0.4, -0.2) is 56.5 Å². The fourth-order valence-corrected chi connectivity index (χ4v) is 4.01. The zero-order valence-electron chi connectivity index (χ0n) is 21.0. The van der Waals surface area contributed by atoms with E-state index >= 15 is 0 Å². The van der Waals surface area contributed by atoms with E-state index in [4.69, 9.17) is 14.2 Å². The molecule has 0 spiro atoms. The van der Waals surface area contributed by atoms with Crippen molar-refractivity contribution in [2.75, 3.05) is 18.5 Å². The highest BCUT2D eigenvalue weighted by atomic mass is 16.6. The van der Waals surface area contributed by atoms with Gasteiger partial charge in [-0.25, -0.2) is 14.8 Å². The monoisotopic (exact) mass is 493 g/mol. The van der Waals surface area contributed by atoms with E-state index in [1.807, 2.05) is 0 Å². The van der Waals surface area contributed by atoms with Crippen LogP contribution < -0.4 is 10.1 Å². The molecule has 0 unspecified atom stereocenters. The number of anilines is 1. The Morgan fingerprint density at radius 3 is 2.36 bits per heavy atom. The van der Waals surface area contributed by atoms with Crippen LogP contribution in [0, 0.1) is 0 Å². The van der Waals surface area contributed by atoms with Gasteiger partial charge in [-0.2, -0.15) is 0 Å². The normalized spacial score (nSPS) is 13.2. The summed E-state index contributed by atoms with van der Waals surface area (Å²) in [6.07, 6.45) is 6.80. The Bertz CT molecular complexity index is 1190. The lowest BCUT2D eigenvalue weighted by Gasteiger charge is -2.19. The highest BCUT2D eigenvalue weighted by molar-refractivity contribution is 5.73. The Hall–Kier alpha value is -3.95. The van der Waals surface area contributed by atoms with Crippen molar-refractivity contribution < 1.29 is 23.8 Å². The van der Waals surface area contributed by atoms with E-state index in [1.54, 1.807) is 46.3 Å². The lowest BCUT2D eigenvalue weighted by molar-refractivity contribution is -0.155. The quantitative estimate of drug-likeness (QED) is 0.448. The van der Waals surface area contributed by atoms with Crippen LogP contribution in [0.5, 0.6) is 5.88 Å². The predicted molar refractivity (Wildman–Crippen MR) is 132 cm³/mol. The Morgan fingerprint density at radius 2 is 1.75 bits per heavy atom. The van der Waals surface area contributed by atoms with Crippen LogP contribution in [0.4, 0.5) is 5.95 Å². The first-order valence-electron chi connectivity index (χ1n) is 11.9. The Kier molecular flexibility index (Phi) is 7.52. The van der Waals surface area contributed by atoms with Gasteiger partial charge in [-0.05, 0) is 51.7 Å². The van der Waals surface area contributed by atoms with Gasteiger partial charge in [0.1, 0.15) is 12.1 Å². The maximum atomic E-state index is 12.3. The van der Waals surface area contributed by atoms with Crippen LogP contribution in [0.3, 0.4) is 0 Å². The molecule has 0 atom stereocenters. The second-order valence-electron chi connectivity index (χ2n) is 9.54. The van der Waals surface area contributed by atoms with Crippen LogP contribution in [0.25, 0.3) is 11.1 Å². The van der Waals surface area contributed by atoms with Crippen molar-refractivity contribution in [3.63, 3.8) is 0 Å². The molecule has 0 saturated heterocycles. The highest BCUT2D eigenvalue weighted by Crippen LogP contribution is 2.29. The molecule has 1 aliphatic rings. The van der Waals surface area contributed by atoms with E-state index in [9.17, 15) is 9.59 Å². The molecule has 36 heavy (non-hydrogen) atoms. The minimum absolute atomic E-state index is 0.115. The number of hydrogen-bond acceptors (Lipinski definition) is 9. The summed E-state index contributed by atoms with van der Waals surface area (Å²) in [6, 6.07) is 8.63. The van der Waals surface area contributed by atoms with Gasteiger partial charge >= 0.3 is 11.9 Å². The predicted octanol–water partition coefficient (Wildman–Crippen LogP) is 3.20. The molecule has 0 amide bonds. The van der Waals surface area contributed by atoms with Gasteiger partial charge in [0.25, 0.3) is 0 Å². The van der Waals surface area contributed by atoms with Crippen LogP contribution in [0.2, 0.25) is 0 Å². The number of nitrogens with one attached hydrogen (secondary N) is 1. The maximum Gasteiger partial charge on any atom is 0.344 e. The number of rotatable bonds is 9. The van der Waals surface area contributed by atoms with Crippen molar-refractivity contribution >= 4 is 17.9 Å². The smallest absolute Gasteiger partial charge is 0.344 e. The molecule has 0 fully saturated rings. The number of esters is 2. The van der Waals surface area contributed by atoms with Gasteiger partial charge in [0.2, 0.25) is 11.8 Å². The minimum Gasteiger partial charge on any atom is -0.464 e. The Morgan fingerprint density at radius 1 is 1.08 bits per heavy atom. The molecule has 0 saturated carbocycles. The largest absolute Gasteiger partial charge is 0.464 e. The number of hydrogen-bond donors (Lipinski definition) is 1. The van der Waals surface area contributed by atoms with Gasteiger partial charge in [0, 0.05) is 30.2 Å². The molecule has 10 nitrogen and oxygen atoms in total. The van der Waals surface area contributed by atoms with Crippen molar-refractivity contribution in [2.45, 2.75) is 58.7 Å². The minimum atomic E-state index is -0.617. The molecule has 2 heterocycles. The summed E-state index contributed by atoms with van der Waals surface area (Å²) in [6.45, 7) is 6.93. The maximum absolute atomic E-state index is 12.3. The number of fused-ring (bicyclic) bond motifs is 1. The molecule has 1 aliphatic carbocycles. The molecule has 1 aromatic carbocycles. The molecule has 4 rings (SSSR count). The second kappa shape index (κ2) is 10.8. The first-order chi connectivity index (χ1) is 17.2. The van der Waals surface area contributed by atoms with Crippen molar-refractivity contribution in [1.29, 1.82) is 0 Å². The molecule has 0 bridgehead atoms. The van der Waals surface area contributed by atoms with Crippen LogP contribution in [-0.2, 0) is 38.4 Å². The van der Waals surface area contributed by atoms with Gasteiger partial charge in [0.05, 0.1) is 12.2 Å². The van der Waals surface area contributed by atoms with Crippen molar-refractivity contribution in [3.05, 3.63) is 54.0 Å². The van der Waals surface area contributed by atoms with Crippen molar-refractivity contribution in [3.8, 4) is 17.0 Å². The number of benzene rings is 1. The summed E-state index contributed by atoms with van der Waals surface area (Å²) in [7, 11) is 0. The first-order valence-corrected chi connectivity index (χ1v) is 11.9. The van der Waals surface area contributed by atoms with E-state index in [1.165, 1.54) is 15.8 Å². The van der Waals surface area contributed by atoms with E-state index in [2.05, 4.69) is 44.6 Å². The molecule has 0 radical (unpaired) electrons. The van der Waals surface area contributed by atoms with Gasteiger partial charge in [-0.3, -0.25) is 9.48 Å². The van der Waals surface area contributed by atoms with E-state index in [-0.39, 0.29) is 31.7 Å². The molecular weight excluding hydrogens is 462 g/mol. The molecule has 190 valence electrons. The number of nitrogens with zero attached hydrogens (tertiary/aromatic N) is 4. The topological polar surface area (TPSA) is 117 Å². The molecule has 0 aliphatic heterocycles. The van der Waals surface area contributed by atoms with Crippen molar-refractivity contribution in [1.82, 2.24) is 19.7 Å². The van der Waals surface area contributed by atoms with Gasteiger partial charge in [-0.15, -0.1) is 5.10 Å². The molecule has 3 aromatic rings. The van der Waals surface area contributed by atoms with Crippen LogP contribution in [0.1, 0.15) is 38.8 Å². The lowest BCUT2D eigenvalue weighted by Crippen LogP contribution is -2.26. The number of ether oxygens (including phenoxy) is 3. The summed E-state index contributed by atoms with van der Waals surface area (Å²) >= 11 is 0. The van der Waals surface area contributed by atoms with Gasteiger partial charge in [-0.1, -0.05) is 24.3 Å². The molecule has 1 N–H and O–H groups in total. The van der Waals surface area contributed by atoms with E-state index in [0.29, 0.717) is 17.1 Å². The first kappa shape index (κ1) is 25.2. The average molecular weight is 494 g/mol. The van der Waals surface area contributed by atoms with Gasteiger partial charge in [0.15, 0.2) is 6.61 Å². The third-order valence-electron chi connectivity index (χ3n) is 5.42. The van der Waals surface area contributed by atoms with Crippen LogP contribution in [0.15, 0.2) is 42.9 Å². The van der Waals surface area contributed by atoms with E-state index in [0.717, 1.165) is 12.8 Å². The van der Waals surface area contributed by atoms with E-state index < -0.39 is 17.5 Å². The van der Waals surface area contributed by atoms with Crippen LogP contribution >= 0.6 is 0 Å². The standard InChI is InChI=1S/C26H31N5O5/c1-5-34-23(33)16-35-24-21(14-31(30-24)15-22(32)36-26(2,3)4)19-12-27-25(28-13-19)29-20-10-17-8-6-7-9-18(17)11-20/h6-9,12-14,20H,5,10-11,15-16H2,1-4H3,(H,27,28,29). The summed E-state index contributed by atoms with van der Waals surface area (Å²) in [5.74, 6) is -0.269. The summed E-state index contributed by atoms with van der Waals surface area (Å²) < 4.78 is 17.3. The third-order valence-corrected chi connectivity index (χ3v) is 5.42. The second-order valence-corrected chi connectivity index (χ2v) is 9.54. The SMILES string of the molecule is CCOC(=O)COc1nn(CC(=O)OC(C)(C)C)cc1-c1cnc(NC2Cc3ccccc3C2)nc1. The zero-order valence-corrected chi connectivity index (χ0v) is 21.0. The lowest BCUT2D eigenvalue weighted by atomic mass is 10.1. The molecule has 2 aromatic heterocycles.